The Morgan fingerprint density at radius 1 is 1.39 bits per heavy atom. The number of carbonyl (C=O) groups is 1. The molecular formula is C12H14ClNO4. The molecule has 1 fully saturated rings. The van der Waals surface area contributed by atoms with E-state index in [9.17, 15) is 15.0 Å². The molecule has 2 atom stereocenters. The molecule has 1 aromatic rings. The summed E-state index contributed by atoms with van der Waals surface area (Å²) in [7, 11) is 0. The molecule has 5 nitrogen and oxygen atoms in total. The highest BCUT2D eigenvalue weighted by atomic mass is 35.5. The van der Waals surface area contributed by atoms with Crippen molar-refractivity contribution in [3.05, 3.63) is 34.9 Å². The number of benzene rings is 1. The van der Waals surface area contributed by atoms with Crippen LogP contribution in [-0.2, 0) is 4.74 Å². The predicted octanol–water partition coefficient (Wildman–Crippen LogP) is 1.75. The van der Waals surface area contributed by atoms with Gasteiger partial charge in [-0.2, -0.15) is 0 Å². The third-order valence-corrected chi connectivity index (χ3v) is 3.25. The van der Waals surface area contributed by atoms with Gasteiger partial charge in [-0.1, -0.05) is 23.7 Å². The lowest BCUT2D eigenvalue weighted by atomic mass is 10.0. The van der Waals surface area contributed by atoms with E-state index >= 15 is 0 Å². The number of ether oxygens (including phenoxy) is 1. The van der Waals surface area contributed by atoms with E-state index in [1.54, 1.807) is 24.3 Å². The molecule has 0 spiro atoms. The fourth-order valence-corrected chi connectivity index (χ4v) is 2.23. The second-order valence-electron chi connectivity index (χ2n) is 4.13. The van der Waals surface area contributed by atoms with E-state index in [0.29, 0.717) is 5.02 Å². The zero-order valence-electron chi connectivity index (χ0n) is 9.62. The van der Waals surface area contributed by atoms with Crippen molar-refractivity contribution in [1.82, 2.24) is 4.90 Å². The topological polar surface area (TPSA) is 70.0 Å². The van der Waals surface area contributed by atoms with Crippen molar-refractivity contribution in [2.45, 2.75) is 12.1 Å². The summed E-state index contributed by atoms with van der Waals surface area (Å²) in [5, 5.41) is 19.1. The summed E-state index contributed by atoms with van der Waals surface area (Å²) in [6.07, 6.45) is -1.06. The number of morpholine rings is 1. The SMILES string of the molecule is O=C(O)N1[C@@H](CO)COC[C@H]1c1ccc(Cl)cc1. The van der Waals surface area contributed by atoms with Crippen LogP contribution in [0.3, 0.4) is 0 Å². The fourth-order valence-electron chi connectivity index (χ4n) is 2.10. The van der Waals surface area contributed by atoms with Crippen molar-refractivity contribution in [3.63, 3.8) is 0 Å². The predicted molar refractivity (Wildman–Crippen MR) is 65.7 cm³/mol. The Morgan fingerprint density at radius 3 is 2.61 bits per heavy atom. The molecule has 0 aliphatic carbocycles. The summed E-state index contributed by atoms with van der Waals surface area (Å²) in [6.45, 7) is 0.244. The first-order valence-electron chi connectivity index (χ1n) is 5.59. The molecule has 0 unspecified atom stereocenters. The van der Waals surface area contributed by atoms with Crippen LogP contribution in [0.2, 0.25) is 5.02 Å². The van der Waals surface area contributed by atoms with Gasteiger partial charge in [0, 0.05) is 5.02 Å². The van der Waals surface area contributed by atoms with E-state index in [1.807, 2.05) is 0 Å². The first-order valence-corrected chi connectivity index (χ1v) is 5.96. The van der Waals surface area contributed by atoms with E-state index in [0.717, 1.165) is 5.56 Å². The lowest BCUT2D eigenvalue weighted by molar-refractivity contribution is -0.0540. The highest BCUT2D eigenvalue weighted by Crippen LogP contribution is 2.28. The van der Waals surface area contributed by atoms with Crippen LogP contribution >= 0.6 is 11.6 Å². The molecule has 1 heterocycles. The van der Waals surface area contributed by atoms with Crippen LogP contribution in [0.1, 0.15) is 11.6 Å². The standard InChI is InChI=1S/C12H14ClNO4/c13-9-3-1-8(2-4-9)11-7-18-6-10(5-15)14(11)12(16)17/h1-4,10-11,15H,5-7H2,(H,16,17)/t10-,11-/m0/s1. The van der Waals surface area contributed by atoms with Gasteiger partial charge in [-0.15, -0.1) is 0 Å². The molecule has 1 aliphatic heterocycles. The molecule has 2 N–H and O–H groups in total. The van der Waals surface area contributed by atoms with Gasteiger partial charge in [-0.05, 0) is 17.7 Å². The molecule has 1 aromatic carbocycles. The van der Waals surface area contributed by atoms with E-state index in [-0.39, 0.29) is 19.8 Å². The molecule has 0 aromatic heterocycles. The molecular weight excluding hydrogens is 258 g/mol. The molecule has 2 rings (SSSR count). The maximum absolute atomic E-state index is 11.3. The van der Waals surface area contributed by atoms with Crippen molar-refractivity contribution in [1.29, 1.82) is 0 Å². The summed E-state index contributed by atoms with van der Waals surface area (Å²) in [4.78, 5) is 12.6. The number of carboxylic acid groups (broad SMARTS) is 1. The van der Waals surface area contributed by atoms with E-state index < -0.39 is 18.2 Å². The van der Waals surface area contributed by atoms with E-state index in [2.05, 4.69) is 0 Å². The first kappa shape index (κ1) is 13.1. The van der Waals surface area contributed by atoms with Gasteiger partial charge in [-0.3, -0.25) is 4.90 Å². The first-order chi connectivity index (χ1) is 8.63. The quantitative estimate of drug-likeness (QED) is 0.860. The van der Waals surface area contributed by atoms with Crippen LogP contribution in [0.5, 0.6) is 0 Å². The molecule has 0 radical (unpaired) electrons. The Morgan fingerprint density at radius 2 is 2.06 bits per heavy atom. The highest BCUT2D eigenvalue weighted by molar-refractivity contribution is 6.30. The summed E-state index contributed by atoms with van der Waals surface area (Å²) in [5.74, 6) is 0. The minimum absolute atomic E-state index is 0.215. The van der Waals surface area contributed by atoms with Gasteiger partial charge in [0.15, 0.2) is 0 Å². The molecule has 6 heteroatoms. The van der Waals surface area contributed by atoms with Crippen molar-refractivity contribution in [2.75, 3.05) is 19.8 Å². The molecule has 0 bridgehead atoms. The molecule has 1 saturated heterocycles. The number of hydrogen-bond donors (Lipinski definition) is 2. The molecule has 1 aliphatic rings. The van der Waals surface area contributed by atoms with E-state index in [4.69, 9.17) is 16.3 Å². The summed E-state index contributed by atoms with van der Waals surface area (Å²) in [6, 6.07) is 6.01. The van der Waals surface area contributed by atoms with Crippen LogP contribution in [0.15, 0.2) is 24.3 Å². The minimum atomic E-state index is -1.06. The fraction of sp³-hybridized carbons (Fsp3) is 0.417. The molecule has 1 amide bonds. The zero-order chi connectivity index (χ0) is 13.1. The number of aliphatic hydroxyl groups is 1. The minimum Gasteiger partial charge on any atom is -0.465 e. The van der Waals surface area contributed by atoms with Crippen molar-refractivity contribution in [2.24, 2.45) is 0 Å². The van der Waals surface area contributed by atoms with Gasteiger partial charge < -0.3 is 14.9 Å². The smallest absolute Gasteiger partial charge is 0.408 e. The number of rotatable bonds is 2. The Kier molecular flexibility index (Phi) is 4.06. The normalized spacial score (nSPS) is 24.0. The number of nitrogens with zero attached hydrogens (tertiary/aromatic N) is 1. The second kappa shape index (κ2) is 5.56. The average Bonchev–Trinajstić information content (AvgIpc) is 2.38. The monoisotopic (exact) mass is 271 g/mol. The summed E-state index contributed by atoms with van der Waals surface area (Å²) in [5.41, 5.74) is 0.806. The third kappa shape index (κ3) is 2.58. The van der Waals surface area contributed by atoms with Crippen LogP contribution in [-0.4, -0.2) is 47.1 Å². The van der Waals surface area contributed by atoms with Crippen LogP contribution in [0, 0.1) is 0 Å². The van der Waals surface area contributed by atoms with Crippen LogP contribution < -0.4 is 0 Å². The van der Waals surface area contributed by atoms with E-state index in [1.165, 1.54) is 4.90 Å². The Hall–Kier alpha value is -1.30. The van der Waals surface area contributed by atoms with Gasteiger partial charge in [-0.25, -0.2) is 4.79 Å². The molecule has 98 valence electrons. The maximum Gasteiger partial charge on any atom is 0.408 e. The highest BCUT2D eigenvalue weighted by Gasteiger charge is 2.35. The number of aliphatic hydroxyl groups excluding tert-OH is 1. The van der Waals surface area contributed by atoms with Gasteiger partial charge in [0.1, 0.15) is 0 Å². The van der Waals surface area contributed by atoms with Gasteiger partial charge >= 0.3 is 6.09 Å². The number of hydrogen-bond acceptors (Lipinski definition) is 3. The van der Waals surface area contributed by atoms with Gasteiger partial charge in [0.25, 0.3) is 0 Å². The lowest BCUT2D eigenvalue weighted by Gasteiger charge is -2.39. The Balaban J connectivity index is 2.28. The van der Waals surface area contributed by atoms with Crippen LogP contribution in [0.4, 0.5) is 4.79 Å². The number of amides is 1. The zero-order valence-corrected chi connectivity index (χ0v) is 10.4. The summed E-state index contributed by atoms with van der Waals surface area (Å²) >= 11 is 5.80. The van der Waals surface area contributed by atoms with Crippen molar-refractivity contribution < 1.29 is 19.7 Å². The molecule has 0 saturated carbocycles. The Labute approximate surface area is 110 Å². The lowest BCUT2D eigenvalue weighted by Crippen LogP contribution is -2.51. The van der Waals surface area contributed by atoms with Crippen molar-refractivity contribution >= 4 is 17.7 Å². The Bertz CT molecular complexity index is 423. The van der Waals surface area contributed by atoms with Gasteiger partial charge in [0.05, 0.1) is 31.9 Å². The maximum atomic E-state index is 11.3. The molecule has 18 heavy (non-hydrogen) atoms. The average molecular weight is 272 g/mol. The van der Waals surface area contributed by atoms with Gasteiger partial charge in [0.2, 0.25) is 0 Å². The third-order valence-electron chi connectivity index (χ3n) is 3.00. The number of halogens is 1. The largest absolute Gasteiger partial charge is 0.465 e. The second-order valence-corrected chi connectivity index (χ2v) is 4.57. The summed E-state index contributed by atoms with van der Waals surface area (Å²) < 4.78 is 5.35. The van der Waals surface area contributed by atoms with Crippen LogP contribution in [0.25, 0.3) is 0 Å². The van der Waals surface area contributed by atoms with Crippen molar-refractivity contribution in [3.8, 4) is 0 Å².